The molecule has 3 aromatic heterocycles. The monoisotopic (exact) mass is 439 g/mol. The molecule has 0 bridgehead atoms. The first-order chi connectivity index (χ1) is 13.5. The van der Waals surface area contributed by atoms with Crippen molar-refractivity contribution in [1.29, 1.82) is 0 Å². The Labute approximate surface area is 169 Å². The van der Waals surface area contributed by atoms with Crippen LogP contribution in [0.15, 0.2) is 56.4 Å². The van der Waals surface area contributed by atoms with Crippen LogP contribution >= 0.6 is 15.9 Å². The second-order valence-electron chi connectivity index (χ2n) is 6.54. The number of halogens is 1. The van der Waals surface area contributed by atoms with Gasteiger partial charge >= 0.3 is 0 Å². The van der Waals surface area contributed by atoms with Gasteiger partial charge in [0, 0.05) is 28.4 Å². The van der Waals surface area contributed by atoms with E-state index in [-0.39, 0.29) is 5.56 Å². The Morgan fingerprint density at radius 2 is 2.00 bits per heavy atom. The van der Waals surface area contributed by atoms with Crippen LogP contribution in [0.4, 0.5) is 0 Å². The minimum absolute atomic E-state index is 0.0932. The third-order valence-corrected chi connectivity index (χ3v) is 5.19. The Morgan fingerprint density at radius 1 is 1.18 bits per heavy atom. The third kappa shape index (κ3) is 3.22. The summed E-state index contributed by atoms with van der Waals surface area (Å²) >= 11 is 3.38. The molecule has 0 radical (unpaired) electrons. The molecular formula is C21H18BrN3O3. The number of hydrogen-bond donors (Lipinski definition) is 0. The lowest BCUT2D eigenvalue weighted by Gasteiger charge is -2.14. The quantitative estimate of drug-likeness (QED) is 0.468. The number of aromatic nitrogens is 3. The number of pyridine rings is 2. The lowest BCUT2D eigenvalue weighted by atomic mass is 10.0. The first-order valence-electron chi connectivity index (χ1n) is 8.73. The van der Waals surface area contributed by atoms with Crippen molar-refractivity contribution in [2.45, 2.75) is 20.4 Å². The van der Waals surface area contributed by atoms with Crippen molar-refractivity contribution < 1.29 is 9.26 Å². The molecule has 0 aliphatic carbocycles. The summed E-state index contributed by atoms with van der Waals surface area (Å²) in [7, 11) is 1.62. The molecule has 142 valence electrons. The van der Waals surface area contributed by atoms with Crippen molar-refractivity contribution in [3.05, 3.63) is 74.6 Å². The van der Waals surface area contributed by atoms with Gasteiger partial charge in [-0.25, -0.2) is 0 Å². The van der Waals surface area contributed by atoms with E-state index in [4.69, 9.17) is 9.26 Å². The van der Waals surface area contributed by atoms with Gasteiger partial charge in [-0.1, -0.05) is 5.16 Å². The Balaban J connectivity index is 1.91. The fraction of sp³-hybridized carbons (Fsp3) is 0.190. The van der Waals surface area contributed by atoms with E-state index in [1.54, 1.807) is 23.9 Å². The van der Waals surface area contributed by atoms with Crippen molar-refractivity contribution in [3.63, 3.8) is 0 Å². The second-order valence-corrected chi connectivity index (χ2v) is 7.45. The zero-order valence-corrected chi connectivity index (χ0v) is 17.3. The average molecular weight is 440 g/mol. The summed E-state index contributed by atoms with van der Waals surface area (Å²) in [6.45, 7) is 4.14. The molecule has 0 aliphatic heterocycles. The molecule has 0 atom stereocenters. The fourth-order valence-corrected chi connectivity index (χ4v) is 3.61. The number of nitrogens with zero attached hydrogens (tertiary/aromatic N) is 3. The number of fused-ring (bicyclic) bond motifs is 1. The van der Waals surface area contributed by atoms with Crippen molar-refractivity contribution in [2.75, 3.05) is 7.11 Å². The molecule has 7 heteroatoms. The summed E-state index contributed by atoms with van der Waals surface area (Å²) in [5.74, 6) is 1.38. The highest BCUT2D eigenvalue weighted by atomic mass is 79.9. The van der Waals surface area contributed by atoms with Gasteiger partial charge in [0.2, 0.25) is 0 Å². The molecule has 1 aromatic carbocycles. The number of benzene rings is 1. The summed E-state index contributed by atoms with van der Waals surface area (Å²) in [5.41, 5.74) is 4.08. The number of methoxy groups -OCH3 is 1. The average Bonchev–Trinajstić information content (AvgIpc) is 3.03. The SMILES string of the molecule is COc1cc2c(ccc(=O)n2Cc2ccc(Br)cn2)cc1-c1c(C)noc1C. The van der Waals surface area contributed by atoms with Gasteiger partial charge in [-0.05, 0) is 59.4 Å². The Hall–Kier alpha value is -2.93. The van der Waals surface area contributed by atoms with Crippen molar-refractivity contribution in [2.24, 2.45) is 0 Å². The summed E-state index contributed by atoms with van der Waals surface area (Å²) in [4.78, 5) is 17.0. The van der Waals surface area contributed by atoms with E-state index in [1.807, 2.05) is 44.2 Å². The maximum absolute atomic E-state index is 12.6. The highest BCUT2D eigenvalue weighted by Crippen LogP contribution is 2.37. The van der Waals surface area contributed by atoms with Crippen LogP contribution in [0.1, 0.15) is 17.1 Å². The van der Waals surface area contributed by atoms with Crippen molar-refractivity contribution >= 4 is 26.8 Å². The highest BCUT2D eigenvalue weighted by Gasteiger charge is 2.18. The zero-order chi connectivity index (χ0) is 19.8. The van der Waals surface area contributed by atoms with E-state index in [9.17, 15) is 4.79 Å². The predicted molar refractivity (Wildman–Crippen MR) is 111 cm³/mol. The van der Waals surface area contributed by atoms with Crippen LogP contribution in [0.2, 0.25) is 0 Å². The van der Waals surface area contributed by atoms with Gasteiger partial charge in [0.1, 0.15) is 11.5 Å². The molecule has 28 heavy (non-hydrogen) atoms. The van der Waals surface area contributed by atoms with Crippen molar-refractivity contribution in [3.8, 4) is 16.9 Å². The highest BCUT2D eigenvalue weighted by molar-refractivity contribution is 9.10. The van der Waals surface area contributed by atoms with E-state index in [0.717, 1.165) is 43.7 Å². The van der Waals surface area contributed by atoms with Crippen LogP contribution in [0.3, 0.4) is 0 Å². The lowest BCUT2D eigenvalue weighted by Crippen LogP contribution is -2.20. The summed E-state index contributed by atoms with van der Waals surface area (Å²) < 4.78 is 13.6. The molecular weight excluding hydrogens is 422 g/mol. The smallest absolute Gasteiger partial charge is 0.251 e. The van der Waals surface area contributed by atoms with Crippen LogP contribution in [0, 0.1) is 13.8 Å². The maximum Gasteiger partial charge on any atom is 0.251 e. The third-order valence-electron chi connectivity index (χ3n) is 4.72. The number of rotatable bonds is 4. The molecule has 0 fully saturated rings. The lowest BCUT2D eigenvalue weighted by molar-refractivity contribution is 0.393. The van der Waals surface area contributed by atoms with Crippen LogP contribution in [-0.2, 0) is 6.54 Å². The Bertz CT molecular complexity index is 1210. The van der Waals surface area contributed by atoms with Crippen LogP contribution in [0.25, 0.3) is 22.0 Å². The Morgan fingerprint density at radius 3 is 2.64 bits per heavy atom. The largest absolute Gasteiger partial charge is 0.496 e. The molecule has 4 aromatic rings. The van der Waals surface area contributed by atoms with Gasteiger partial charge in [-0.2, -0.15) is 0 Å². The first kappa shape index (κ1) is 18.4. The van der Waals surface area contributed by atoms with Gasteiger partial charge in [0.05, 0.1) is 36.1 Å². The molecule has 3 heterocycles. The summed E-state index contributed by atoms with van der Waals surface area (Å²) in [6, 6.07) is 11.1. The minimum Gasteiger partial charge on any atom is -0.496 e. The predicted octanol–water partition coefficient (Wildman–Crippen LogP) is 4.49. The van der Waals surface area contributed by atoms with Gasteiger partial charge in [-0.3, -0.25) is 9.78 Å². The Kier molecular flexibility index (Phi) is 4.77. The molecule has 0 unspecified atom stereocenters. The summed E-state index contributed by atoms with van der Waals surface area (Å²) in [6.07, 6.45) is 1.72. The topological polar surface area (TPSA) is 70.2 Å². The molecule has 0 aliphatic rings. The molecule has 4 rings (SSSR count). The standard InChI is InChI=1S/C21H18BrN3O3/c1-12-21(13(2)28-24-12)17-8-14-4-7-20(26)25(18(14)9-19(17)27-3)11-16-6-5-15(22)10-23-16/h4-10H,11H2,1-3H3. The second kappa shape index (κ2) is 7.24. The van der Waals surface area contributed by atoms with Crippen LogP contribution < -0.4 is 10.3 Å². The van der Waals surface area contributed by atoms with E-state index >= 15 is 0 Å². The number of aryl methyl sites for hydroxylation is 2. The molecule has 0 amide bonds. The van der Waals surface area contributed by atoms with Gasteiger partial charge in [0.15, 0.2) is 0 Å². The molecule has 0 saturated heterocycles. The van der Waals surface area contributed by atoms with E-state index < -0.39 is 0 Å². The molecule has 6 nitrogen and oxygen atoms in total. The van der Waals surface area contributed by atoms with Gasteiger partial charge < -0.3 is 13.8 Å². The minimum atomic E-state index is -0.0932. The van der Waals surface area contributed by atoms with Gasteiger partial charge in [-0.15, -0.1) is 0 Å². The molecule has 0 saturated carbocycles. The first-order valence-corrected chi connectivity index (χ1v) is 9.52. The summed E-state index contributed by atoms with van der Waals surface area (Å²) in [5, 5.41) is 4.97. The fourth-order valence-electron chi connectivity index (χ4n) is 3.38. The van der Waals surface area contributed by atoms with E-state index in [1.165, 1.54) is 0 Å². The normalized spacial score (nSPS) is 11.1. The van der Waals surface area contributed by atoms with Crippen LogP contribution in [0.5, 0.6) is 5.75 Å². The zero-order valence-electron chi connectivity index (χ0n) is 15.7. The maximum atomic E-state index is 12.6. The van der Waals surface area contributed by atoms with E-state index in [2.05, 4.69) is 26.1 Å². The van der Waals surface area contributed by atoms with Crippen molar-refractivity contribution in [1.82, 2.24) is 14.7 Å². The number of hydrogen-bond acceptors (Lipinski definition) is 5. The van der Waals surface area contributed by atoms with E-state index in [0.29, 0.717) is 12.3 Å². The number of ether oxygens (including phenoxy) is 1. The molecule has 0 N–H and O–H groups in total. The van der Waals surface area contributed by atoms with Crippen LogP contribution in [-0.4, -0.2) is 21.8 Å². The molecule has 0 spiro atoms. The van der Waals surface area contributed by atoms with Gasteiger partial charge in [0.25, 0.3) is 5.56 Å².